The smallest absolute Gasteiger partial charge is 0.263 e. The van der Waals surface area contributed by atoms with Gasteiger partial charge in [0.25, 0.3) is 10.0 Å². The fraction of sp³-hybridized carbons (Fsp3) is 0.412. The van der Waals surface area contributed by atoms with Gasteiger partial charge in [-0.2, -0.15) is 0 Å². The first kappa shape index (κ1) is 17.9. The largest absolute Gasteiger partial charge is 0.337 e. The highest BCUT2D eigenvalue weighted by Crippen LogP contribution is 2.30. The molecule has 134 valence electrons. The number of benzene rings is 1. The molecule has 0 unspecified atom stereocenters. The predicted octanol–water partition coefficient (Wildman–Crippen LogP) is 2.87. The number of carbonyl (C=O) groups is 1. The van der Waals surface area contributed by atoms with E-state index in [1.807, 2.05) is 18.7 Å². The van der Waals surface area contributed by atoms with Crippen LogP contribution in [0.2, 0.25) is 0 Å². The Hall–Kier alpha value is -1.93. The van der Waals surface area contributed by atoms with Gasteiger partial charge in [-0.25, -0.2) is 13.4 Å². The monoisotopic (exact) mass is 379 g/mol. The van der Waals surface area contributed by atoms with Crippen molar-refractivity contribution in [2.75, 3.05) is 11.3 Å². The molecule has 0 spiro atoms. The third kappa shape index (κ3) is 4.19. The number of hydrogen-bond donors (Lipinski definition) is 1. The minimum absolute atomic E-state index is 0.139. The summed E-state index contributed by atoms with van der Waals surface area (Å²) in [4.78, 5) is 19.6. The second-order valence-corrected chi connectivity index (χ2v) is 9.24. The lowest BCUT2D eigenvalue weighted by Crippen LogP contribution is -2.36. The topological polar surface area (TPSA) is 79.4 Å². The summed E-state index contributed by atoms with van der Waals surface area (Å²) in [5.41, 5.74) is 0.879. The number of hydrogen-bond acceptors (Lipinski definition) is 5. The molecule has 3 rings (SSSR count). The van der Waals surface area contributed by atoms with E-state index in [4.69, 9.17) is 0 Å². The van der Waals surface area contributed by atoms with Crippen LogP contribution in [0.5, 0.6) is 0 Å². The molecule has 1 N–H and O–H groups in total. The first-order valence-corrected chi connectivity index (χ1v) is 10.5. The third-order valence-corrected chi connectivity index (χ3v) is 6.42. The molecule has 0 saturated carbocycles. The van der Waals surface area contributed by atoms with Gasteiger partial charge in [0.1, 0.15) is 0 Å². The van der Waals surface area contributed by atoms with E-state index < -0.39 is 10.0 Å². The van der Waals surface area contributed by atoms with E-state index in [2.05, 4.69) is 9.71 Å². The van der Waals surface area contributed by atoms with Crippen LogP contribution in [0.15, 0.2) is 35.2 Å². The van der Waals surface area contributed by atoms with Crippen LogP contribution in [0, 0.1) is 5.92 Å². The average Bonchev–Trinajstić information content (AvgIpc) is 2.95. The molecule has 1 amide bonds. The van der Waals surface area contributed by atoms with Crippen LogP contribution in [0.4, 0.5) is 5.13 Å². The quantitative estimate of drug-likeness (QED) is 0.866. The molecule has 0 radical (unpaired) electrons. The molecular weight excluding hydrogens is 358 g/mol. The molecule has 0 fully saturated rings. The summed E-state index contributed by atoms with van der Waals surface area (Å²) in [6, 6.07) is 8.22. The molecule has 2 aromatic rings. The number of anilines is 1. The van der Waals surface area contributed by atoms with Crippen molar-refractivity contribution in [1.82, 2.24) is 9.88 Å². The maximum atomic E-state index is 12.4. The molecule has 0 saturated heterocycles. The zero-order chi connectivity index (χ0) is 18.0. The van der Waals surface area contributed by atoms with E-state index in [1.165, 1.54) is 11.3 Å². The van der Waals surface area contributed by atoms with Crippen LogP contribution in [-0.2, 0) is 27.8 Å². The Bertz CT molecular complexity index is 861. The van der Waals surface area contributed by atoms with E-state index in [1.54, 1.807) is 30.3 Å². The van der Waals surface area contributed by atoms with Crippen molar-refractivity contribution >= 4 is 32.4 Å². The van der Waals surface area contributed by atoms with Gasteiger partial charge in [-0.1, -0.05) is 43.4 Å². The van der Waals surface area contributed by atoms with E-state index in [0.717, 1.165) is 10.6 Å². The number of aromatic nitrogens is 1. The van der Waals surface area contributed by atoms with E-state index in [9.17, 15) is 13.2 Å². The second-order valence-electron chi connectivity index (χ2n) is 6.47. The number of sulfonamides is 1. The zero-order valence-electron chi connectivity index (χ0n) is 14.2. The van der Waals surface area contributed by atoms with Crippen LogP contribution >= 0.6 is 11.3 Å². The van der Waals surface area contributed by atoms with Crippen molar-refractivity contribution < 1.29 is 13.2 Å². The van der Waals surface area contributed by atoms with Crippen molar-refractivity contribution in [3.63, 3.8) is 0 Å². The number of carbonyl (C=O) groups excluding carboxylic acids is 1. The summed E-state index contributed by atoms with van der Waals surface area (Å²) in [5, 5.41) is 0.354. The molecule has 0 atom stereocenters. The van der Waals surface area contributed by atoms with E-state index in [0.29, 0.717) is 37.0 Å². The van der Waals surface area contributed by atoms with Gasteiger partial charge in [-0.3, -0.25) is 9.52 Å². The Morgan fingerprint density at radius 2 is 2.04 bits per heavy atom. The molecule has 0 aliphatic carbocycles. The highest BCUT2D eigenvalue weighted by Gasteiger charge is 2.25. The Labute approximate surface area is 151 Å². The van der Waals surface area contributed by atoms with E-state index in [-0.39, 0.29) is 10.8 Å². The summed E-state index contributed by atoms with van der Waals surface area (Å²) >= 11 is 1.30. The van der Waals surface area contributed by atoms with Gasteiger partial charge >= 0.3 is 0 Å². The van der Waals surface area contributed by atoms with Gasteiger partial charge in [0.05, 0.1) is 17.1 Å². The molecule has 25 heavy (non-hydrogen) atoms. The average molecular weight is 380 g/mol. The van der Waals surface area contributed by atoms with Gasteiger partial charge in [0, 0.05) is 24.3 Å². The lowest BCUT2D eigenvalue weighted by Gasteiger charge is -2.26. The number of thiazole rings is 1. The molecule has 1 aromatic carbocycles. The Morgan fingerprint density at radius 1 is 1.32 bits per heavy atom. The van der Waals surface area contributed by atoms with Crippen LogP contribution in [-0.4, -0.2) is 30.8 Å². The minimum atomic E-state index is -3.64. The van der Waals surface area contributed by atoms with Crippen molar-refractivity contribution in [3.8, 4) is 0 Å². The summed E-state index contributed by atoms with van der Waals surface area (Å²) in [6.45, 7) is 5.19. The summed E-state index contributed by atoms with van der Waals surface area (Å²) in [6.07, 6.45) is 1.18. The molecule has 6 nitrogen and oxygen atoms in total. The maximum Gasteiger partial charge on any atom is 0.263 e. The number of nitrogens with one attached hydrogen (secondary N) is 1. The van der Waals surface area contributed by atoms with Crippen LogP contribution in [0.3, 0.4) is 0 Å². The zero-order valence-corrected chi connectivity index (χ0v) is 15.9. The number of fused-ring (bicyclic) bond motifs is 1. The fourth-order valence-corrected chi connectivity index (χ4v) is 4.98. The highest BCUT2D eigenvalue weighted by atomic mass is 32.2. The first-order chi connectivity index (χ1) is 11.8. The minimum Gasteiger partial charge on any atom is -0.337 e. The summed E-state index contributed by atoms with van der Waals surface area (Å²) < 4.78 is 27.3. The lowest BCUT2D eigenvalue weighted by atomic mass is 10.1. The van der Waals surface area contributed by atoms with E-state index >= 15 is 0 Å². The Morgan fingerprint density at radius 3 is 2.72 bits per heavy atom. The third-order valence-electron chi connectivity index (χ3n) is 3.94. The maximum absolute atomic E-state index is 12.4. The van der Waals surface area contributed by atoms with Crippen molar-refractivity contribution in [2.24, 2.45) is 5.92 Å². The van der Waals surface area contributed by atoms with Crippen LogP contribution < -0.4 is 4.72 Å². The number of rotatable bonds is 5. The number of nitrogens with zero attached hydrogens (tertiary/aromatic N) is 2. The predicted molar refractivity (Wildman–Crippen MR) is 97.9 cm³/mol. The summed E-state index contributed by atoms with van der Waals surface area (Å²) in [5.74, 6) is 0.462. The molecule has 1 aromatic heterocycles. The second kappa shape index (κ2) is 7.13. The number of amides is 1. The SMILES string of the molecule is CC(C)CC(=O)N1CCc2nc(NS(=O)(=O)c3ccccc3)sc2C1. The standard InChI is InChI=1S/C17H21N3O3S2/c1-12(2)10-16(21)20-9-8-14-15(11-20)24-17(18-14)19-25(22,23)13-6-4-3-5-7-13/h3-7,12H,8-11H2,1-2H3,(H,18,19). The molecular formula is C17H21N3O3S2. The van der Waals surface area contributed by atoms with Gasteiger partial charge in [0.2, 0.25) is 5.91 Å². The normalized spacial score (nSPS) is 14.4. The lowest BCUT2D eigenvalue weighted by molar-refractivity contribution is -0.132. The Kier molecular flexibility index (Phi) is 5.10. The van der Waals surface area contributed by atoms with Gasteiger partial charge < -0.3 is 4.90 Å². The van der Waals surface area contributed by atoms with Crippen molar-refractivity contribution in [2.45, 2.75) is 38.1 Å². The van der Waals surface area contributed by atoms with Crippen LogP contribution in [0.1, 0.15) is 30.8 Å². The van der Waals surface area contributed by atoms with Crippen LogP contribution in [0.25, 0.3) is 0 Å². The van der Waals surface area contributed by atoms with Crippen molar-refractivity contribution in [1.29, 1.82) is 0 Å². The molecule has 8 heteroatoms. The Balaban J connectivity index is 1.74. The van der Waals surface area contributed by atoms with Gasteiger partial charge in [0.15, 0.2) is 5.13 Å². The first-order valence-electron chi connectivity index (χ1n) is 8.19. The molecule has 2 heterocycles. The highest BCUT2D eigenvalue weighted by molar-refractivity contribution is 7.93. The van der Waals surface area contributed by atoms with Crippen molar-refractivity contribution in [3.05, 3.63) is 40.9 Å². The molecule has 0 bridgehead atoms. The fourth-order valence-electron chi connectivity index (χ4n) is 2.70. The van der Waals surface area contributed by atoms with Gasteiger partial charge in [-0.15, -0.1) is 0 Å². The molecule has 1 aliphatic heterocycles. The molecule has 1 aliphatic rings. The summed E-state index contributed by atoms with van der Waals surface area (Å²) in [7, 11) is -3.64. The van der Waals surface area contributed by atoms with Gasteiger partial charge in [-0.05, 0) is 18.1 Å².